The van der Waals surface area contributed by atoms with Crippen molar-refractivity contribution in [2.75, 3.05) is 13.1 Å². The maximum atomic E-state index is 10.8. The summed E-state index contributed by atoms with van der Waals surface area (Å²) in [6.45, 7) is 1.77. The summed E-state index contributed by atoms with van der Waals surface area (Å²) in [5, 5.41) is 1.33. The number of nitrogens with zero attached hydrogens (tertiary/aromatic N) is 1. The van der Waals surface area contributed by atoms with Gasteiger partial charge in [-0.2, -0.15) is 0 Å². The number of benzene rings is 1. The molecule has 3 nitrogen and oxygen atoms in total. The fraction of sp³-hybridized carbons (Fsp3) is 0.500. The molecule has 2 aromatic rings. The van der Waals surface area contributed by atoms with Gasteiger partial charge >= 0.3 is 0 Å². The third-order valence-electron chi connectivity index (χ3n) is 5.13. The summed E-state index contributed by atoms with van der Waals surface area (Å²) in [7, 11) is 0. The normalized spacial score (nSPS) is 19.7. The molecule has 110 valence electrons. The van der Waals surface area contributed by atoms with E-state index in [0.717, 1.165) is 50.8 Å². The number of aryl methyl sites for hydroxylation is 2. The van der Waals surface area contributed by atoms with E-state index in [-0.39, 0.29) is 0 Å². The standard InChI is InChI=1S/C18H21NO2/c20-12-19-9-7-13(8-10-19)14-5-6-18-16(11-14)15-3-1-2-4-17(15)21-18/h5-6,11-13H,1-4,7-10H2. The minimum absolute atomic E-state index is 0.583. The van der Waals surface area contributed by atoms with Crippen LogP contribution >= 0.6 is 0 Å². The third kappa shape index (κ3) is 2.25. The van der Waals surface area contributed by atoms with Gasteiger partial charge in [0.2, 0.25) is 6.41 Å². The number of hydrogen-bond donors (Lipinski definition) is 0. The molecule has 0 spiro atoms. The minimum atomic E-state index is 0.583. The highest BCUT2D eigenvalue weighted by atomic mass is 16.3. The molecule has 3 heteroatoms. The van der Waals surface area contributed by atoms with Crippen LogP contribution in [0, 0.1) is 0 Å². The average Bonchev–Trinajstić information content (AvgIpc) is 2.93. The lowest BCUT2D eigenvalue weighted by Gasteiger charge is -2.29. The SMILES string of the molecule is O=CN1CCC(c2ccc3oc4c(c3c2)CCCC4)CC1. The van der Waals surface area contributed by atoms with Gasteiger partial charge in [0.25, 0.3) is 0 Å². The molecule has 1 aromatic carbocycles. The zero-order chi connectivity index (χ0) is 14.2. The van der Waals surface area contributed by atoms with Crippen LogP contribution in [-0.4, -0.2) is 24.4 Å². The van der Waals surface area contributed by atoms with Crippen molar-refractivity contribution in [3.8, 4) is 0 Å². The molecule has 0 unspecified atom stereocenters. The first kappa shape index (κ1) is 12.9. The van der Waals surface area contributed by atoms with Gasteiger partial charge in [0.15, 0.2) is 0 Å². The van der Waals surface area contributed by atoms with E-state index < -0.39 is 0 Å². The second kappa shape index (κ2) is 5.21. The quantitative estimate of drug-likeness (QED) is 0.788. The number of piperidine rings is 1. The van der Waals surface area contributed by atoms with Gasteiger partial charge in [0.05, 0.1) is 0 Å². The van der Waals surface area contributed by atoms with E-state index in [1.165, 1.54) is 35.1 Å². The first-order valence-electron chi connectivity index (χ1n) is 8.08. The second-order valence-corrected chi connectivity index (χ2v) is 6.38. The molecule has 0 atom stereocenters. The number of carbonyl (C=O) groups excluding carboxylic acids is 1. The highest BCUT2D eigenvalue weighted by molar-refractivity contribution is 5.83. The zero-order valence-electron chi connectivity index (χ0n) is 12.3. The first-order valence-corrected chi connectivity index (χ1v) is 8.08. The molecule has 1 amide bonds. The highest BCUT2D eigenvalue weighted by Crippen LogP contribution is 2.35. The second-order valence-electron chi connectivity index (χ2n) is 6.38. The van der Waals surface area contributed by atoms with Gasteiger partial charge in [0.1, 0.15) is 11.3 Å². The van der Waals surface area contributed by atoms with E-state index >= 15 is 0 Å². The Bertz CT molecular complexity index is 665. The van der Waals surface area contributed by atoms with Crippen LogP contribution in [0.4, 0.5) is 0 Å². The van der Waals surface area contributed by atoms with Crippen LogP contribution in [-0.2, 0) is 17.6 Å². The van der Waals surface area contributed by atoms with Crippen molar-refractivity contribution < 1.29 is 9.21 Å². The number of hydrogen-bond acceptors (Lipinski definition) is 2. The van der Waals surface area contributed by atoms with Crippen molar-refractivity contribution in [3.63, 3.8) is 0 Å². The number of furan rings is 1. The zero-order valence-corrected chi connectivity index (χ0v) is 12.3. The molecular weight excluding hydrogens is 262 g/mol. The number of fused-ring (bicyclic) bond motifs is 3. The van der Waals surface area contributed by atoms with Crippen molar-refractivity contribution in [1.29, 1.82) is 0 Å². The topological polar surface area (TPSA) is 33.5 Å². The molecule has 1 saturated heterocycles. The van der Waals surface area contributed by atoms with Crippen LogP contribution in [0.15, 0.2) is 22.6 Å². The van der Waals surface area contributed by atoms with Crippen LogP contribution in [0.3, 0.4) is 0 Å². The Hall–Kier alpha value is -1.77. The van der Waals surface area contributed by atoms with Crippen molar-refractivity contribution in [2.24, 2.45) is 0 Å². The van der Waals surface area contributed by atoms with Crippen LogP contribution in [0.5, 0.6) is 0 Å². The van der Waals surface area contributed by atoms with E-state index in [4.69, 9.17) is 4.42 Å². The first-order chi connectivity index (χ1) is 10.3. The fourth-order valence-electron chi connectivity index (χ4n) is 3.87. The lowest BCUT2D eigenvalue weighted by atomic mass is 9.88. The molecule has 2 aliphatic rings. The van der Waals surface area contributed by atoms with Gasteiger partial charge in [-0.1, -0.05) is 6.07 Å². The van der Waals surface area contributed by atoms with Gasteiger partial charge in [-0.3, -0.25) is 4.79 Å². The summed E-state index contributed by atoms with van der Waals surface area (Å²) >= 11 is 0. The predicted molar refractivity (Wildman–Crippen MR) is 82.5 cm³/mol. The van der Waals surface area contributed by atoms with Gasteiger partial charge in [0, 0.05) is 30.5 Å². The average molecular weight is 283 g/mol. The van der Waals surface area contributed by atoms with Crippen LogP contribution in [0.2, 0.25) is 0 Å². The summed E-state index contributed by atoms with van der Waals surface area (Å²) in [5.74, 6) is 1.80. The van der Waals surface area contributed by atoms with Crippen molar-refractivity contribution >= 4 is 17.4 Å². The molecule has 1 aliphatic carbocycles. The molecule has 0 bridgehead atoms. The molecule has 0 saturated carbocycles. The monoisotopic (exact) mass is 283 g/mol. The van der Waals surface area contributed by atoms with E-state index in [1.54, 1.807) is 0 Å². The molecule has 21 heavy (non-hydrogen) atoms. The maximum Gasteiger partial charge on any atom is 0.209 e. The van der Waals surface area contributed by atoms with E-state index in [1.807, 2.05) is 4.90 Å². The van der Waals surface area contributed by atoms with Gasteiger partial charge in [-0.05, 0) is 55.7 Å². The summed E-state index contributed by atoms with van der Waals surface area (Å²) < 4.78 is 6.01. The largest absolute Gasteiger partial charge is 0.461 e. The molecule has 4 rings (SSSR count). The Morgan fingerprint density at radius 3 is 2.76 bits per heavy atom. The van der Waals surface area contributed by atoms with Crippen LogP contribution < -0.4 is 0 Å². The molecule has 0 radical (unpaired) electrons. The van der Waals surface area contributed by atoms with Gasteiger partial charge < -0.3 is 9.32 Å². The predicted octanol–water partition coefficient (Wildman–Crippen LogP) is 3.65. The Labute approximate surface area is 124 Å². The van der Waals surface area contributed by atoms with E-state index in [0.29, 0.717) is 5.92 Å². The summed E-state index contributed by atoms with van der Waals surface area (Å²) in [4.78, 5) is 12.7. The fourth-order valence-corrected chi connectivity index (χ4v) is 3.87. The van der Waals surface area contributed by atoms with Crippen molar-refractivity contribution in [2.45, 2.75) is 44.4 Å². The number of carbonyl (C=O) groups is 1. The smallest absolute Gasteiger partial charge is 0.209 e. The van der Waals surface area contributed by atoms with Gasteiger partial charge in [-0.25, -0.2) is 0 Å². The van der Waals surface area contributed by atoms with E-state index in [9.17, 15) is 4.79 Å². The van der Waals surface area contributed by atoms with Crippen molar-refractivity contribution in [3.05, 3.63) is 35.1 Å². The summed E-state index contributed by atoms with van der Waals surface area (Å²) in [5.41, 5.74) is 3.92. The Balaban J connectivity index is 1.66. The molecule has 2 heterocycles. The molecule has 1 fully saturated rings. The molecule has 1 aliphatic heterocycles. The highest BCUT2D eigenvalue weighted by Gasteiger charge is 2.22. The molecule has 1 aromatic heterocycles. The Morgan fingerprint density at radius 2 is 1.95 bits per heavy atom. The third-order valence-corrected chi connectivity index (χ3v) is 5.13. The summed E-state index contributed by atoms with van der Waals surface area (Å²) in [6.07, 6.45) is 7.92. The Kier molecular flexibility index (Phi) is 3.21. The van der Waals surface area contributed by atoms with E-state index in [2.05, 4.69) is 18.2 Å². The lowest BCUT2D eigenvalue weighted by molar-refractivity contribution is -0.119. The van der Waals surface area contributed by atoms with Crippen molar-refractivity contribution in [1.82, 2.24) is 4.90 Å². The van der Waals surface area contributed by atoms with Crippen LogP contribution in [0.25, 0.3) is 11.0 Å². The van der Waals surface area contributed by atoms with Crippen LogP contribution in [0.1, 0.15) is 48.5 Å². The molecule has 0 N–H and O–H groups in total. The number of likely N-dealkylation sites (tertiary alicyclic amines) is 1. The molecular formula is C18H21NO2. The number of rotatable bonds is 2. The lowest BCUT2D eigenvalue weighted by Crippen LogP contribution is -2.31. The number of amides is 1. The maximum absolute atomic E-state index is 10.8. The minimum Gasteiger partial charge on any atom is -0.461 e. The Morgan fingerprint density at radius 1 is 1.14 bits per heavy atom. The summed E-state index contributed by atoms with van der Waals surface area (Å²) in [6, 6.07) is 6.72. The van der Waals surface area contributed by atoms with Gasteiger partial charge in [-0.15, -0.1) is 0 Å².